The van der Waals surface area contributed by atoms with E-state index in [4.69, 9.17) is 9.47 Å². The second kappa shape index (κ2) is 7.43. The second-order valence-electron chi connectivity index (χ2n) is 4.17. The van der Waals surface area contributed by atoms with Crippen LogP contribution < -0.4 is 0 Å². The van der Waals surface area contributed by atoms with Crippen molar-refractivity contribution in [3.63, 3.8) is 0 Å². The molecular weight excluding hydrogens is 216 g/mol. The van der Waals surface area contributed by atoms with Gasteiger partial charge in [-0.15, -0.1) is 0 Å². The minimum absolute atomic E-state index is 0.0769. The Bertz CT molecular complexity index is 298. The van der Waals surface area contributed by atoms with Gasteiger partial charge in [-0.1, -0.05) is 30.3 Å². The summed E-state index contributed by atoms with van der Waals surface area (Å²) in [6.07, 6.45) is -0.609. The third kappa shape index (κ3) is 4.86. The number of aliphatic hydroxyl groups is 1. The fraction of sp³-hybridized carbons (Fsp3) is 0.571. The van der Waals surface area contributed by atoms with Crippen molar-refractivity contribution < 1.29 is 14.6 Å². The first kappa shape index (κ1) is 14.2. The van der Waals surface area contributed by atoms with Crippen LogP contribution in [0.3, 0.4) is 0 Å². The van der Waals surface area contributed by atoms with Gasteiger partial charge in [0.25, 0.3) is 0 Å². The molecule has 3 unspecified atom stereocenters. The molecule has 17 heavy (non-hydrogen) atoms. The van der Waals surface area contributed by atoms with Gasteiger partial charge >= 0.3 is 0 Å². The molecule has 0 spiro atoms. The number of benzene rings is 1. The molecule has 0 fully saturated rings. The molecule has 96 valence electrons. The van der Waals surface area contributed by atoms with Crippen molar-refractivity contribution >= 4 is 0 Å². The standard InChI is InChI=1S/C14H22O3/c1-4-16-14(12(3)17-10-11(2)15)13-8-6-5-7-9-13/h5-9,11-12,14-15H,4,10H2,1-3H3. The van der Waals surface area contributed by atoms with E-state index < -0.39 is 6.10 Å². The third-order valence-corrected chi connectivity index (χ3v) is 2.50. The van der Waals surface area contributed by atoms with Gasteiger partial charge in [-0.3, -0.25) is 0 Å². The minimum atomic E-state index is -0.449. The maximum Gasteiger partial charge on any atom is 0.108 e. The topological polar surface area (TPSA) is 38.7 Å². The lowest BCUT2D eigenvalue weighted by molar-refractivity contribution is -0.0814. The normalized spacial score (nSPS) is 16.5. The summed E-state index contributed by atoms with van der Waals surface area (Å²) in [5.74, 6) is 0. The fourth-order valence-corrected chi connectivity index (χ4v) is 1.70. The molecule has 3 nitrogen and oxygen atoms in total. The van der Waals surface area contributed by atoms with E-state index in [2.05, 4.69) is 0 Å². The second-order valence-corrected chi connectivity index (χ2v) is 4.17. The van der Waals surface area contributed by atoms with E-state index in [1.54, 1.807) is 6.92 Å². The molecule has 0 saturated carbocycles. The van der Waals surface area contributed by atoms with E-state index in [0.717, 1.165) is 5.56 Å². The summed E-state index contributed by atoms with van der Waals surface area (Å²) in [6.45, 7) is 6.62. The van der Waals surface area contributed by atoms with Crippen molar-refractivity contribution in [1.82, 2.24) is 0 Å². The fourth-order valence-electron chi connectivity index (χ4n) is 1.70. The lowest BCUT2D eigenvalue weighted by atomic mass is 10.1. The Kier molecular flexibility index (Phi) is 6.19. The average Bonchev–Trinajstić information content (AvgIpc) is 2.34. The summed E-state index contributed by atoms with van der Waals surface area (Å²) in [5.41, 5.74) is 1.10. The smallest absolute Gasteiger partial charge is 0.108 e. The summed E-state index contributed by atoms with van der Waals surface area (Å²) in [4.78, 5) is 0. The Morgan fingerprint density at radius 1 is 1.12 bits per heavy atom. The van der Waals surface area contributed by atoms with Crippen LogP contribution in [-0.4, -0.2) is 30.5 Å². The quantitative estimate of drug-likeness (QED) is 0.793. The number of aliphatic hydroxyl groups excluding tert-OH is 1. The molecule has 0 aromatic heterocycles. The highest BCUT2D eigenvalue weighted by molar-refractivity contribution is 5.18. The SMILES string of the molecule is CCOC(c1ccccc1)C(C)OCC(C)O. The van der Waals surface area contributed by atoms with Crippen LogP contribution in [0.1, 0.15) is 32.4 Å². The van der Waals surface area contributed by atoms with Crippen LogP contribution in [0, 0.1) is 0 Å². The first-order valence-electron chi connectivity index (χ1n) is 6.11. The molecule has 3 heteroatoms. The highest BCUT2D eigenvalue weighted by Gasteiger charge is 2.20. The van der Waals surface area contributed by atoms with Crippen molar-refractivity contribution in [3.05, 3.63) is 35.9 Å². The number of hydrogen-bond donors (Lipinski definition) is 1. The minimum Gasteiger partial charge on any atom is -0.391 e. The van der Waals surface area contributed by atoms with Crippen molar-refractivity contribution in [2.75, 3.05) is 13.2 Å². The Balaban J connectivity index is 2.65. The molecule has 1 aromatic carbocycles. The van der Waals surface area contributed by atoms with E-state index >= 15 is 0 Å². The van der Waals surface area contributed by atoms with Crippen LogP contribution in [0.4, 0.5) is 0 Å². The molecule has 1 aromatic rings. The van der Waals surface area contributed by atoms with Gasteiger partial charge in [0.05, 0.1) is 18.8 Å². The predicted octanol–water partition coefficient (Wildman–Crippen LogP) is 2.55. The molecule has 1 rings (SSSR count). The molecule has 0 bridgehead atoms. The van der Waals surface area contributed by atoms with Gasteiger partial charge in [-0.25, -0.2) is 0 Å². The van der Waals surface area contributed by atoms with E-state index in [0.29, 0.717) is 13.2 Å². The van der Waals surface area contributed by atoms with E-state index in [-0.39, 0.29) is 12.2 Å². The molecule has 0 aliphatic rings. The van der Waals surface area contributed by atoms with E-state index in [1.807, 2.05) is 44.2 Å². The molecule has 0 heterocycles. The van der Waals surface area contributed by atoms with Gasteiger partial charge in [0, 0.05) is 6.61 Å². The van der Waals surface area contributed by atoms with Crippen molar-refractivity contribution in [2.45, 2.75) is 39.1 Å². The van der Waals surface area contributed by atoms with Crippen LogP contribution in [0.15, 0.2) is 30.3 Å². The number of ether oxygens (including phenoxy) is 2. The Morgan fingerprint density at radius 2 is 1.76 bits per heavy atom. The lowest BCUT2D eigenvalue weighted by Gasteiger charge is -2.25. The Morgan fingerprint density at radius 3 is 2.29 bits per heavy atom. The van der Waals surface area contributed by atoms with E-state index in [1.165, 1.54) is 0 Å². The number of hydrogen-bond acceptors (Lipinski definition) is 3. The van der Waals surface area contributed by atoms with Crippen LogP contribution in [-0.2, 0) is 9.47 Å². The number of rotatable bonds is 7. The molecule has 1 N–H and O–H groups in total. The maximum absolute atomic E-state index is 9.22. The molecule has 0 saturated heterocycles. The predicted molar refractivity (Wildman–Crippen MR) is 67.9 cm³/mol. The molecule has 0 amide bonds. The summed E-state index contributed by atoms with van der Waals surface area (Å²) in [5, 5.41) is 9.22. The van der Waals surface area contributed by atoms with Gasteiger partial charge in [-0.05, 0) is 26.3 Å². The third-order valence-electron chi connectivity index (χ3n) is 2.50. The zero-order chi connectivity index (χ0) is 12.7. The molecule has 0 aliphatic carbocycles. The van der Waals surface area contributed by atoms with Crippen molar-refractivity contribution in [2.24, 2.45) is 0 Å². The van der Waals surface area contributed by atoms with E-state index in [9.17, 15) is 5.11 Å². The Labute approximate surface area is 103 Å². The van der Waals surface area contributed by atoms with Crippen molar-refractivity contribution in [3.8, 4) is 0 Å². The van der Waals surface area contributed by atoms with Gasteiger partial charge in [0.2, 0.25) is 0 Å². The summed E-state index contributed by atoms with van der Waals surface area (Å²) in [7, 11) is 0. The van der Waals surface area contributed by atoms with Crippen LogP contribution in [0.5, 0.6) is 0 Å². The molecule has 0 radical (unpaired) electrons. The first-order chi connectivity index (χ1) is 8.15. The van der Waals surface area contributed by atoms with Gasteiger partial charge in [0.15, 0.2) is 0 Å². The average molecular weight is 238 g/mol. The van der Waals surface area contributed by atoms with Gasteiger partial charge in [0.1, 0.15) is 6.10 Å². The highest BCUT2D eigenvalue weighted by atomic mass is 16.5. The van der Waals surface area contributed by atoms with Crippen molar-refractivity contribution in [1.29, 1.82) is 0 Å². The molecule has 0 aliphatic heterocycles. The zero-order valence-electron chi connectivity index (χ0n) is 10.8. The van der Waals surface area contributed by atoms with Crippen LogP contribution >= 0.6 is 0 Å². The Hall–Kier alpha value is -0.900. The summed E-state index contributed by atoms with van der Waals surface area (Å²) >= 11 is 0. The highest BCUT2D eigenvalue weighted by Crippen LogP contribution is 2.23. The van der Waals surface area contributed by atoms with Crippen LogP contribution in [0.2, 0.25) is 0 Å². The van der Waals surface area contributed by atoms with Gasteiger partial charge < -0.3 is 14.6 Å². The molecular formula is C14H22O3. The van der Waals surface area contributed by atoms with Gasteiger partial charge in [-0.2, -0.15) is 0 Å². The van der Waals surface area contributed by atoms with Crippen LogP contribution in [0.25, 0.3) is 0 Å². The molecule has 3 atom stereocenters. The monoisotopic (exact) mass is 238 g/mol. The summed E-state index contributed by atoms with van der Waals surface area (Å²) in [6, 6.07) is 10.0. The summed E-state index contributed by atoms with van der Waals surface area (Å²) < 4.78 is 11.3. The maximum atomic E-state index is 9.22. The largest absolute Gasteiger partial charge is 0.391 e. The first-order valence-corrected chi connectivity index (χ1v) is 6.11. The lowest BCUT2D eigenvalue weighted by Crippen LogP contribution is -2.25. The zero-order valence-corrected chi connectivity index (χ0v) is 10.8.